The lowest BCUT2D eigenvalue weighted by Crippen LogP contribution is -2.30. The molecule has 0 fully saturated rings. The van der Waals surface area contributed by atoms with Crippen LogP contribution in [-0.2, 0) is 6.54 Å². The molecule has 1 N–H and O–H groups in total. The van der Waals surface area contributed by atoms with E-state index in [0.717, 1.165) is 18.8 Å². The number of nitrogens with one attached hydrogen (secondary N) is 1. The number of nitrogens with zero attached hydrogens (tertiary/aromatic N) is 3. The molecular formula is C13H19Cl2FN4. The molecule has 0 bridgehead atoms. The van der Waals surface area contributed by atoms with Crippen molar-refractivity contribution in [1.82, 2.24) is 20.1 Å². The maximum absolute atomic E-state index is 12.8. The lowest BCUT2D eigenvalue weighted by molar-refractivity contribution is 0.462. The van der Waals surface area contributed by atoms with Crippen LogP contribution in [-0.4, -0.2) is 27.4 Å². The second-order valence-electron chi connectivity index (χ2n) is 4.24. The summed E-state index contributed by atoms with van der Waals surface area (Å²) in [6.45, 7) is 5.93. The van der Waals surface area contributed by atoms with E-state index < -0.39 is 0 Å². The van der Waals surface area contributed by atoms with Crippen LogP contribution in [0, 0.1) is 5.82 Å². The van der Waals surface area contributed by atoms with Crippen molar-refractivity contribution in [3.63, 3.8) is 0 Å². The topological polar surface area (TPSA) is 42.7 Å². The fourth-order valence-electron chi connectivity index (χ4n) is 1.82. The van der Waals surface area contributed by atoms with Crippen LogP contribution in [0.15, 0.2) is 30.6 Å². The SMILES string of the molecule is CCN[C@H](C)Cn1ccc(-c2ccc(F)cn2)n1.Cl.Cl. The average Bonchev–Trinajstić information content (AvgIpc) is 2.78. The van der Waals surface area contributed by atoms with Crippen LogP contribution in [0.25, 0.3) is 11.4 Å². The molecule has 0 amide bonds. The normalized spacial score (nSPS) is 11.3. The van der Waals surface area contributed by atoms with Gasteiger partial charge < -0.3 is 5.32 Å². The van der Waals surface area contributed by atoms with Gasteiger partial charge >= 0.3 is 0 Å². The summed E-state index contributed by atoms with van der Waals surface area (Å²) in [5.41, 5.74) is 1.45. The molecule has 2 heterocycles. The van der Waals surface area contributed by atoms with Gasteiger partial charge in [-0.2, -0.15) is 5.10 Å². The second-order valence-corrected chi connectivity index (χ2v) is 4.24. The number of pyridine rings is 1. The van der Waals surface area contributed by atoms with Crippen molar-refractivity contribution >= 4 is 24.8 Å². The summed E-state index contributed by atoms with van der Waals surface area (Å²) in [5.74, 6) is -0.334. The van der Waals surface area contributed by atoms with Gasteiger partial charge in [0.2, 0.25) is 0 Å². The van der Waals surface area contributed by atoms with Crippen LogP contribution in [0.2, 0.25) is 0 Å². The molecule has 2 rings (SSSR count). The number of rotatable bonds is 5. The highest BCUT2D eigenvalue weighted by Crippen LogP contribution is 2.14. The van der Waals surface area contributed by atoms with E-state index >= 15 is 0 Å². The van der Waals surface area contributed by atoms with E-state index in [1.807, 2.05) is 16.9 Å². The highest BCUT2D eigenvalue weighted by Gasteiger charge is 2.06. The predicted molar refractivity (Wildman–Crippen MR) is 83.1 cm³/mol. The van der Waals surface area contributed by atoms with Gasteiger partial charge in [0.15, 0.2) is 0 Å². The molecule has 2 aromatic heterocycles. The first-order valence-electron chi connectivity index (χ1n) is 6.08. The Labute approximate surface area is 130 Å². The lowest BCUT2D eigenvalue weighted by Gasteiger charge is -2.11. The summed E-state index contributed by atoms with van der Waals surface area (Å²) < 4.78 is 14.6. The Bertz CT molecular complexity index is 501. The first-order chi connectivity index (χ1) is 8.69. The van der Waals surface area contributed by atoms with Crippen LogP contribution in [0.5, 0.6) is 0 Å². The molecule has 0 unspecified atom stereocenters. The second kappa shape index (κ2) is 8.89. The zero-order chi connectivity index (χ0) is 13.0. The summed E-state index contributed by atoms with van der Waals surface area (Å²) >= 11 is 0. The van der Waals surface area contributed by atoms with E-state index in [-0.39, 0.29) is 30.6 Å². The molecule has 0 aliphatic heterocycles. The first-order valence-corrected chi connectivity index (χ1v) is 6.08. The molecule has 20 heavy (non-hydrogen) atoms. The Morgan fingerprint density at radius 1 is 1.25 bits per heavy atom. The molecule has 0 radical (unpaired) electrons. The Balaban J connectivity index is 0.00000180. The Morgan fingerprint density at radius 2 is 2.00 bits per heavy atom. The molecule has 0 aliphatic carbocycles. The summed E-state index contributed by atoms with van der Waals surface area (Å²) in [4.78, 5) is 4.01. The Morgan fingerprint density at radius 3 is 2.60 bits per heavy atom. The van der Waals surface area contributed by atoms with Crippen molar-refractivity contribution in [3.05, 3.63) is 36.4 Å². The molecule has 7 heteroatoms. The van der Waals surface area contributed by atoms with Gasteiger partial charge in [0.05, 0.1) is 18.4 Å². The third kappa shape index (κ3) is 5.07. The van der Waals surface area contributed by atoms with Crippen molar-refractivity contribution < 1.29 is 4.39 Å². The van der Waals surface area contributed by atoms with Gasteiger partial charge in [-0.25, -0.2) is 4.39 Å². The standard InChI is InChI=1S/C13H17FN4.2ClH/c1-3-15-10(2)9-18-7-6-13(17-18)12-5-4-11(14)8-16-12;;/h4-8,10,15H,3,9H2,1-2H3;2*1H/t10-;;/m1../s1. The minimum Gasteiger partial charge on any atom is -0.313 e. The van der Waals surface area contributed by atoms with Gasteiger partial charge in [0.25, 0.3) is 0 Å². The monoisotopic (exact) mass is 320 g/mol. The molecule has 0 saturated heterocycles. The van der Waals surface area contributed by atoms with E-state index in [1.165, 1.54) is 12.3 Å². The lowest BCUT2D eigenvalue weighted by atomic mass is 10.3. The van der Waals surface area contributed by atoms with Crippen LogP contribution < -0.4 is 5.32 Å². The molecule has 0 aliphatic rings. The maximum atomic E-state index is 12.8. The molecule has 0 spiro atoms. The first kappa shape index (κ1) is 18.8. The third-order valence-electron chi connectivity index (χ3n) is 2.64. The quantitative estimate of drug-likeness (QED) is 0.921. The zero-order valence-corrected chi connectivity index (χ0v) is 13.0. The molecular weight excluding hydrogens is 302 g/mol. The largest absolute Gasteiger partial charge is 0.313 e. The van der Waals surface area contributed by atoms with Crippen LogP contribution >= 0.6 is 24.8 Å². The highest BCUT2D eigenvalue weighted by molar-refractivity contribution is 5.85. The molecule has 4 nitrogen and oxygen atoms in total. The molecule has 0 saturated carbocycles. The van der Waals surface area contributed by atoms with Gasteiger partial charge in [0, 0.05) is 12.2 Å². The van der Waals surface area contributed by atoms with Crippen molar-refractivity contribution in [2.24, 2.45) is 0 Å². The van der Waals surface area contributed by atoms with Gasteiger partial charge in [0.1, 0.15) is 11.5 Å². The number of hydrogen-bond donors (Lipinski definition) is 1. The van der Waals surface area contributed by atoms with Crippen LogP contribution in [0.1, 0.15) is 13.8 Å². The fourth-order valence-corrected chi connectivity index (χ4v) is 1.82. The molecule has 0 aromatic carbocycles. The van der Waals surface area contributed by atoms with Gasteiger partial charge in [-0.1, -0.05) is 6.92 Å². The smallest absolute Gasteiger partial charge is 0.141 e. The van der Waals surface area contributed by atoms with Crippen molar-refractivity contribution in [3.8, 4) is 11.4 Å². The van der Waals surface area contributed by atoms with Crippen molar-refractivity contribution in [2.45, 2.75) is 26.4 Å². The van der Waals surface area contributed by atoms with Gasteiger partial charge in [-0.05, 0) is 31.7 Å². The minimum atomic E-state index is -0.334. The van der Waals surface area contributed by atoms with E-state index in [1.54, 1.807) is 6.07 Å². The Hall–Kier alpha value is -1.17. The van der Waals surface area contributed by atoms with Crippen molar-refractivity contribution in [2.75, 3.05) is 6.54 Å². The van der Waals surface area contributed by atoms with E-state index in [4.69, 9.17) is 0 Å². The van der Waals surface area contributed by atoms with Gasteiger partial charge in [-0.15, -0.1) is 24.8 Å². The fraction of sp³-hybridized carbons (Fsp3) is 0.385. The highest BCUT2D eigenvalue weighted by atomic mass is 35.5. The maximum Gasteiger partial charge on any atom is 0.141 e. The average molecular weight is 321 g/mol. The predicted octanol–water partition coefficient (Wildman–Crippen LogP) is 2.93. The zero-order valence-electron chi connectivity index (χ0n) is 11.4. The summed E-state index contributed by atoms with van der Waals surface area (Å²) in [6.07, 6.45) is 3.11. The number of hydrogen-bond acceptors (Lipinski definition) is 3. The van der Waals surface area contributed by atoms with Crippen molar-refractivity contribution in [1.29, 1.82) is 0 Å². The summed E-state index contributed by atoms with van der Waals surface area (Å²) in [5, 5.41) is 7.75. The number of aromatic nitrogens is 3. The summed E-state index contributed by atoms with van der Waals surface area (Å²) in [7, 11) is 0. The summed E-state index contributed by atoms with van der Waals surface area (Å²) in [6, 6.07) is 5.28. The van der Waals surface area contributed by atoms with Crippen LogP contribution in [0.3, 0.4) is 0 Å². The van der Waals surface area contributed by atoms with Crippen LogP contribution in [0.4, 0.5) is 4.39 Å². The number of halogens is 3. The number of likely N-dealkylation sites (N-methyl/N-ethyl adjacent to an activating group) is 1. The molecule has 1 atom stereocenters. The van der Waals surface area contributed by atoms with Gasteiger partial charge in [-0.3, -0.25) is 9.67 Å². The molecule has 112 valence electrons. The third-order valence-corrected chi connectivity index (χ3v) is 2.64. The molecule has 2 aromatic rings. The van der Waals surface area contributed by atoms with E-state index in [2.05, 4.69) is 29.2 Å². The minimum absolute atomic E-state index is 0. The Kier molecular flexibility index (Phi) is 8.37. The van der Waals surface area contributed by atoms with E-state index in [0.29, 0.717) is 11.7 Å². The van der Waals surface area contributed by atoms with E-state index in [9.17, 15) is 4.39 Å².